The van der Waals surface area contributed by atoms with E-state index in [2.05, 4.69) is 33.8 Å². The second kappa shape index (κ2) is 9.95. The van der Waals surface area contributed by atoms with E-state index >= 15 is 4.39 Å². The first-order valence-corrected chi connectivity index (χ1v) is 11.3. The molecule has 10 nitrogen and oxygen atoms in total. The highest BCUT2D eigenvalue weighted by atomic mass is 19.1. The second-order valence-corrected chi connectivity index (χ2v) is 8.06. The van der Waals surface area contributed by atoms with Gasteiger partial charge in [-0.3, -0.25) is 9.59 Å². The number of aromatic nitrogens is 4. The number of halogens is 1. The fourth-order valence-corrected chi connectivity index (χ4v) is 4.34. The third-order valence-electron chi connectivity index (χ3n) is 5.99. The predicted molar refractivity (Wildman–Crippen MR) is 132 cm³/mol. The molecule has 1 fully saturated rings. The number of fused-ring (bicyclic) bond motifs is 1. The van der Waals surface area contributed by atoms with Crippen molar-refractivity contribution in [3.05, 3.63) is 65.7 Å². The highest BCUT2D eigenvalue weighted by Gasteiger charge is 2.35. The lowest BCUT2D eigenvalue weighted by molar-refractivity contribution is -0.123. The largest absolute Gasteiger partial charge is 0.503 e. The van der Waals surface area contributed by atoms with Crippen molar-refractivity contribution in [3.8, 4) is 11.8 Å². The molecule has 4 rings (SSSR count). The molecule has 1 aromatic carbocycles. The van der Waals surface area contributed by atoms with Crippen LogP contribution in [0.1, 0.15) is 41.0 Å². The normalized spacial score (nSPS) is 16.2. The Morgan fingerprint density at radius 3 is 2.81 bits per heavy atom. The summed E-state index contributed by atoms with van der Waals surface area (Å²) < 4.78 is 23.6. The van der Waals surface area contributed by atoms with Crippen LogP contribution in [0.2, 0.25) is 0 Å². The fraction of sp³-hybridized carbons (Fsp3) is 0.280. The van der Waals surface area contributed by atoms with E-state index in [4.69, 9.17) is 10.5 Å². The number of nitrogens with one attached hydrogen (secondary N) is 1. The van der Waals surface area contributed by atoms with Crippen molar-refractivity contribution < 1.29 is 18.7 Å². The molecule has 0 spiro atoms. The highest BCUT2D eigenvalue weighted by molar-refractivity contribution is 6.00. The summed E-state index contributed by atoms with van der Waals surface area (Å²) in [4.78, 5) is 30.5. The van der Waals surface area contributed by atoms with E-state index in [1.54, 1.807) is 28.7 Å². The second-order valence-electron chi connectivity index (χ2n) is 8.06. The Labute approximate surface area is 207 Å². The Hall–Kier alpha value is -4.59. The minimum atomic E-state index is -0.737. The molecule has 186 valence electrons. The van der Waals surface area contributed by atoms with Gasteiger partial charge < -0.3 is 25.3 Å². The lowest BCUT2D eigenvalue weighted by atomic mass is 10.1. The molecular formula is C25H26FN7O3. The molecule has 3 N–H and O–H groups in total. The summed E-state index contributed by atoms with van der Waals surface area (Å²) in [5, 5.41) is 7.50. The number of allylic oxidation sites excluding steroid dienone is 1. The smallest absolute Gasteiger partial charge is 0.255 e. The van der Waals surface area contributed by atoms with E-state index in [0.29, 0.717) is 35.5 Å². The van der Waals surface area contributed by atoms with Gasteiger partial charge in [-0.05, 0) is 31.1 Å². The van der Waals surface area contributed by atoms with Gasteiger partial charge in [-0.2, -0.15) is 5.10 Å². The van der Waals surface area contributed by atoms with E-state index in [-0.39, 0.29) is 35.3 Å². The number of aryl methyl sites for hydroxylation is 1. The molecular weight excluding hydrogens is 465 g/mol. The van der Waals surface area contributed by atoms with E-state index in [0.717, 1.165) is 0 Å². The Bertz CT molecular complexity index is 1460. The molecule has 3 heterocycles. The SMILES string of the molecule is C=CC(=O)N1C[C@@H](n2nc(C#Cc3ccc4ncn(CC)c4c3F)c(C(N)=O)c2NC)C/C1=C\OC. The molecule has 0 bridgehead atoms. The van der Waals surface area contributed by atoms with Gasteiger partial charge in [-0.1, -0.05) is 12.5 Å². The van der Waals surface area contributed by atoms with Crippen LogP contribution in [-0.4, -0.2) is 56.7 Å². The number of amides is 2. The Kier molecular flexibility index (Phi) is 6.78. The number of anilines is 1. The zero-order valence-corrected chi connectivity index (χ0v) is 20.2. The number of primary amides is 1. The molecule has 1 aliphatic rings. The van der Waals surface area contributed by atoms with Crippen LogP contribution in [0.15, 0.2) is 43.1 Å². The maximum Gasteiger partial charge on any atom is 0.255 e. The van der Waals surface area contributed by atoms with Gasteiger partial charge in [0.2, 0.25) is 5.91 Å². The van der Waals surface area contributed by atoms with Crippen molar-refractivity contribution >= 4 is 28.7 Å². The van der Waals surface area contributed by atoms with E-state index < -0.39 is 11.7 Å². The molecule has 0 saturated carbocycles. The molecule has 1 aliphatic heterocycles. The molecule has 0 radical (unpaired) electrons. The van der Waals surface area contributed by atoms with E-state index in [9.17, 15) is 9.59 Å². The maximum atomic E-state index is 15.2. The van der Waals surface area contributed by atoms with Gasteiger partial charge in [0.1, 0.15) is 23.2 Å². The summed E-state index contributed by atoms with van der Waals surface area (Å²) in [6.07, 6.45) is 4.68. The number of methoxy groups -OCH3 is 1. The molecule has 0 unspecified atom stereocenters. The maximum absolute atomic E-state index is 15.2. The third-order valence-corrected chi connectivity index (χ3v) is 5.99. The summed E-state index contributed by atoms with van der Waals surface area (Å²) in [5.74, 6) is 4.43. The first kappa shape index (κ1) is 24.5. The molecule has 36 heavy (non-hydrogen) atoms. The van der Waals surface area contributed by atoms with Crippen LogP contribution in [0, 0.1) is 17.7 Å². The van der Waals surface area contributed by atoms with Crippen LogP contribution >= 0.6 is 0 Å². The fourth-order valence-electron chi connectivity index (χ4n) is 4.34. The van der Waals surface area contributed by atoms with Gasteiger partial charge in [0.25, 0.3) is 5.91 Å². The zero-order valence-electron chi connectivity index (χ0n) is 20.2. The number of ether oxygens (including phenoxy) is 1. The number of imidazole rings is 1. The molecule has 1 atom stereocenters. The van der Waals surface area contributed by atoms with Crippen molar-refractivity contribution in [2.45, 2.75) is 25.9 Å². The number of likely N-dealkylation sites (tertiary alicyclic amines) is 1. The standard InChI is InChI=1S/C25H26FN7O3/c1-5-20(34)32-12-16(11-17(32)13-36-4)33-25(28-3)21(24(27)35)18(30-33)9-7-15-8-10-19-23(22(15)26)31(6-2)14-29-19/h5,8,10,13-14,16,28H,1,6,11-12H2,2-4H3,(H2,27,35)/b17-13+/t16-/m0/s1. The molecule has 11 heteroatoms. The highest BCUT2D eigenvalue weighted by Crippen LogP contribution is 2.34. The van der Waals surface area contributed by atoms with Crippen molar-refractivity contribution in [1.82, 2.24) is 24.2 Å². The monoisotopic (exact) mass is 491 g/mol. The van der Waals surface area contributed by atoms with E-state index in [1.807, 2.05) is 6.92 Å². The molecule has 0 aliphatic carbocycles. The number of benzene rings is 1. The van der Waals surface area contributed by atoms with Gasteiger partial charge in [0.05, 0.1) is 36.3 Å². The molecule has 1 saturated heterocycles. The van der Waals surface area contributed by atoms with Gasteiger partial charge in [0.15, 0.2) is 11.5 Å². The summed E-state index contributed by atoms with van der Waals surface area (Å²) in [7, 11) is 3.12. The van der Waals surface area contributed by atoms with Gasteiger partial charge >= 0.3 is 0 Å². The number of carbonyl (C=O) groups excluding carboxylic acids is 2. The van der Waals surface area contributed by atoms with Crippen LogP contribution in [-0.2, 0) is 16.1 Å². The topological polar surface area (TPSA) is 120 Å². The van der Waals surface area contributed by atoms with Crippen molar-refractivity contribution in [3.63, 3.8) is 0 Å². The Morgan fingerprint density at radius 1 is 1.39 bits per heavy atom. The summed E-state index contributed by atoms with van der Waals surface area (Å²) in [6.45, 7) is 6.27. The summed E-state index contributed by atoms with van der Waals surface area (Å²) in [5.41, 5.74) is 7.52. The zero-order chi connectivity index (χ0) is 26.0. The average molecular weight is 492 g/mol. The molecule has 2 amide bonds. The summed E-state index contributed by atoms with van der Waals surface area (Å²) in [6, 6.07) is 2.89. The quantitative estimate of drug-likeness (QED) is 0.310. The number of nitrogens with zero attached hydrogens (tertiary/aromatic N) is 5. The molecule has 2 aromatic heterocycles. The van der Waals surface area contributed by atoms with Crippen LogP contribution in [0.5, 0.6) is 0 Å². The minimum absolute atomic E-state index is 0.0795. The first-order chi connectivity index (χ1) is 17.3. The van der Waals surface area contributed by atoms with Crippen LogP contribution < -0.4 is 11.1 Å². The lowest BCUT2D eigenvalue weighted by Crippen LogP contribution is -2.27. The van der Waals surface area contributed by atoms with Crippen molar-refractivity contribution in [1.29, 1.82) is 0 Å². The van der Waals surface area contributed by atoms with Crippen LogP contribution in [0.3, 0.4) is 0 Å². The van der Waals surface area contributed by atoms with Gasteiger partial charge in [-0.15, -0.1) is 0 Å². The summed E-state index contributed by atoms with van der Waals surface area (Å²) >= 11 is 0. The number of rotatable bonds is 6. The lowest BCUT2D eigenvalue weighted by Gasteiger charge is -2.16. The Morgan fingerprint density at radius 2 is 2.17 bits per heavy atom. The van der Waals surface area contributed by atoms with Gasteiger partial charge in [0, 0.05) is 26.6 Å². The number of carbonyl (C=O) groups is 2. The minimum Gasteiger partial charge on any atom is -0.503 e. The van der Waals surface area contributed by atoms with Crippen LogP contribution in [0.4, 0.5) is 10.2 Å². The predicted octanol–water partition coefficient (Wildman–Crippen LogP) is 2.38. The molecule has 3 aromatic rings. The average Bonchev–Trinajstić information content (AvgIpc) is 3.58. The number of hydrogen-bond donors (Lipinski definition) is 2. The van der Waals surface area contributed by atoms with E-state index in [1.165, 1.54) is 30.4 Å². The number of nitrogens with two attached hydrogens (primary N) is 1. The number of hydrogen-bond acceptors (Lipinski definition) is 6. The Balaban J connectivity index is 1.78. The first-order valence-electron chi connectivity index (χ1n) is 11.3. The van der Waals surface area contributed by atoms with Crippen molar-refractivity contribution in [2.75, 3.05) is 26.0 Å². The van der Waals surface area contributed by atoms with Gasteiger partial charge in [-0.25, -0.2) is 14.1 Å². The third kappa shape index (κ3) is 4.17. The van der Waals surface area contributed by atoms with Crippen molar-refractivity contribution in [2.24, 2.45) is 5.73 Å². The van der Waals surface area contributed by atoms with Crippen LogP contribution in [0.25, 0.3) is 11.0 Å².